The van der Waals surface area contributed by atoms with Crippen LogP contribution in [0.25, 0.3) is 0 Å². The van der Waals surface area contributed by atoms with Gasteiger partial charge in [-0.15, -0.1) is 11.3 Å². The van der Waals surface area contributed by atoms with Gasteiger partial charge in [0, 0.05) is 28.1 Å². The highest BCUT2D eigenvalue weighted by Gasteiger charge is 2.15. The Hall–Kier alpha value is -3.24. The van der Waals surface area contributed by atoms with Crippen LogP contribution in [0, 0.1) is 0 Å². The van der Waals surface area contributed by atoms with Gasteiger partial charge in [-0.1, -0.05) is 29.8 Å². The minimum Gasteiger partial charge on any atom is -0.493 e. The number of rotatable bonds is 9. The zero-order valence-electron chi connectivity index (χ0n) is 16.7. The molecule has 0 spiro atoms. The molecule has 0 radical (unpaired) electrons. The maximum Gasteiger partial charge on any atom is 0.387 e. The van der Waals surface area contributed by atoms with Crippen molar-refractivity contribution < 1.29 is 27.8 Å². The number of aromatic nitrogens is 1. The molecule has 1 aromatic heterocycles. The van der Waals surface area contributed by atoms with E-state index in [1.54, 1.807) is 12.3 Å². The molecule has 11 heteroatoms. The number of thiazole rings is 1. The zero-order chi connectivity index (χ0) is 23.1. The summed E-state index contributed by atoms with van der Waals surface area (Å²) < 4.78 is 34.1. The summed E-state index contributed by atoms with van der Waals surface area (Å²) in [5, 5.41) is 6.11. The van der Waals surface area contributed by atoms with Gasteiger partial charge in [0.05, 0.1) is 13.7 Å². The van der Waals surface area contributed by atoms with Crippen LogP contribution in [0.15, 0.2) is 48.7 Å². The largest absolute Gasteiger partial charge is 0.493 e. The highest BCUT2D eigenvalue weighted by molar-refractivity contribution is 7.15. The van der Waals surface area contributed by atoms with Crippen molar-refractivity contribution in [3.8, 4) is 11.5 Å². The Morgan fingerprint density at radius 3 is 2.69 bits per heavy atom. The van der Waals surface area contributed by atoms with Crippen LogP contribution in [0.3, 0.4) is 0 Å². The number of benzene rings is 2. The molecule has 0 aliphatic heterocycles. The molecule has 0 bridgehead atoms. The number of carbonyl (C=O) groups excluding carboxylic acids is 2. The highest BCUT2D eigenvalue weighted by atomic mass is 35.5. The summed E-state index contributed by atoms with van der Waals surface area (Å²) >= 11 is 7.46. The maximum absolute atomic E-state index is 12.4. The summed E-state index contributed by atoms with van der Waals surface area (Å²) in [5.74, 6) is -1.29. The average Bonchev–Trinajstić information content (AvgIpc) is 3.20. The molecule has 1 heterocycles. The first-order chi connectivity index (χ1) is 15.4. The average molecular weight is 482 g/mol. The molecule has 7 nitrogen and oxygen atoms in total. The molecule has 32 heavy (non-hydrogen) atoms. The lowest BCUT2D eigenvalue weighted by atomic mass is 10.1. The molecular weight excluding hydrogens is 464 g/mol. The minimum absolute atomic E-state index is 0.0313. The summed E-state index contributed by atoms with van der Waals surface area (Å²) in [5.41, 5.74) is 1.07. The van der Waals surface area contributed by atoms with Crippen molar-refractivity contribution in [1.29, 1.82) is 0 Å². The van der Waals surface area contributed by atoms with Gasteiger partial charge in [0.25, 0.3) is 5.91 Å². The number of carbonyl (C=O) groups is 2. The molecule has 0 unspecified atom stereocenters. The molecule has 168 valence electrons. The van der Waals surface area contributed by atoms with Crippen molar-refractivity contribution in [1.82, 2.24) is 10.3 Å². The Balaban J connectivity index is 1.53. The first-order valence-electron chi connectivity index (χ1n) is 9.24. The predicted octanol–water partition coefficient (Wildman–Crippen LogP) is 4.37. The van der Waals surface area contributed by atoms with Crippen LogP contribution < -0.4 is 20.1 Å². The van der Waals surface area contributed by atoms with E-state index in [4.69, 9.17) is 16.3 Å². The van der Waals surface area contributed by atoms with Crippen molar-refractivity contribution in [3.05, 3.63) is 69.7 Å². The van der Waals surface area contributed by atoms with Gasteiger partial charge in [0.1, 0.15) is 0 Å². The lowest BCUT2D eigenvalue weighted by Gasteiger charge is -2.11. The van der Waals surface area contributed by atoms with Gasteiger partial charge >= 0.3 is 6.61 Å². The number of alkyl halides is 2. The quantitative estimate of drug-likeness (QED) is 0.474. The molecule has 2 amide bonds. The van der Waals surface area contributed by atoms with Gasteiger partial charge in [-0.25, -0.2) is 4.98 Å². The van der Waals surface area contributed by atoms with E-state index in [0.29, 0.717) is 16.6 Å². The molecule has 3 aromatic rings. The van der Waals surface area contributed by atoms with Gasteiger partial charge in [0.15, 0.2) is 16.6 Å². The standard InChI is InChI=1S/C21H18ClF2N3O4S/c1-30-17-9-13(6-7-16(17)31-20(23)24)19(29)25-11-18(28)27-21-26-10-14(32-21)8-12-4-2-3-5-15(12)22/h2-7,9-10,20H,8,11H2,1H3,(H,25,29)(H,26,27,28). The van der Waals surface area contributed by atoms with Crippen LogP contribution in [0.2, 0.25) is 5.02 Å². The van der Waals surface area contributed by atoms with E-state index in [1.807, 2.05) is 18.2 Å². The number of hydrogen-bond donors (Lipinski definition) is 2. The Kier molecular flexibility index (Phi) is 7.96. The fraction of sp³-hybridized carbons (Fsp3) is 0.190. The molecule has 0 aliphatic carbocycles. The number of hydrogen-bond acceptors (Lipinski definition) is 6. The number of methoxy groups -OCH3 is 1. The second kappa shape index (κ2) is 10.9. The number of ether oxygens (including phenoxy) is 2. The molecule has 0 atom stereocenters. The molecule has 0 saturated heterocycles. The van der Waals surface area contributed by atoms with Crippen molar-refractivity contribution in [3.63, 3.8) is 0 Å². The third-order valence-electron chi connectivity index (χ3n) is 4.17. The molecule has 0 fully saturated rings. The normalized spacial score (nSPS) is 10.7. The Labute approximate surface area is 191 Å². The Bertz CT molecular complexity index is 1110. The van der Waals surface area contributed by atoms with E-state index >= 15 is 0 Å². The Morgan fingerprint density at radius 1 is 1.19 bits per heavy atom. The second-order valence-electron chi connectivity index (χ2n) is 6.37. The lowest BCUT2D eigenvalue weighted by Crippen LogP contribution is -2.32. The van der Waals surface area contributed by atoms with E-state index in [-0.39, 0.29) is 23.6 Å². The molecular formula is C21H18ClF2N3O4S. The molecule has 0 aliphatic rings. The lowest BCUT2D eigenvalue weighted by molar-refractivity contribution is -0.115. The van der Waals surface area contributed by atoms with Crippen LogP contribution in [0.5, 0.6) is 11.5 Å². The van der Waals surface area contributed by atoms with Crippen molar-refractivity contribution in [2.75, 3.05) is 19.0 Å². The van der Waals surface area contributed by atoms with Crippen LogP contribution in [0.4, 0.5) is 13.9 Å². The van der Waals surface area contributed by atoms with Crippen LogP contribution >= 0.6 is 22.9 Å². The van der Waals surface area contributed by atoms with Gasteiger partial charge in [-0.05, 0) is 29.8 Å². The van der Waals surface area contributed by atoms with Gasteiger partial charge < -0.3 is 20.1 Å². The maximum atomic E-state index is 12.4. The van der Waals surface area contributed by atoms with Crippen LogP contribution in [-0.2, 0) is 11.2 Å². The molecule has 3 rings (SSSR count). The SMILES string of the molecule is COc1cc(C(=O)NCC(=O)Nc2ncc(Cc3ccccc3Cl)s2)ccc1OC(F)F. The van der Waals surface area contributed by atoms with Crippen molar-refractivity contribution in [2.45, 2.75) is 13.0 Å². The van der Waals surface area contributed by atoms with Crippen molar-refractivity contribution >= 4 is 39.9 Å². The molecule has 0 saturated carbocycles. The summed E-state index contributed by atoms with van der Waals surface area (Å²) in [6.45, 7) is -3.33. The van der Waals surface area contributed by atoms with E-state index in [1.165, 1.54) is 36.6 Å². The summed E-state index contributed by atoms with van der Waals surface area (Å²) in [6.07, 6.45) is 2.23. The number of anilines is 1. The minimum atomic E-state index is -3.02. The zero-order valence-corrected chi connectivity index (χ0v) is 18.3. The second-order valence-corrected chi connectivity index (χ2v) is 7.90. The van der Waals surface area contributed by atoms with E-state index in [9.17, 15) is 18.4 Å². The summed E-state index contributed by atoms with van der Waals surface area (Å²) in [7, 11) is 1.26. The highest BCUT2D eigenvalue weighted by Crippen LogP contribution is 2.29. The van der Waals surface area contributed by atoms with Crippen LogP contribution in [0.1, 0.15) is 20.8 Å². The van der Waals surface area contributed by atoms with Gasteiger partial charge in [-0.2, -0.15) is 8.78 Å². The third-order valence-corrected chi connectivity index (χ3v) is 5.46. The third kappa shape index (κ3) is 6.38. The first kappa shape index (κ1) is 23.4. The van der Waals surface area contributed by atoms with Crippen LogP contribution in [-0.4, -0.2) is 37.1 Å². The topological polar surface area (TPSA) is 89.5 Å². The monoisotopic (exact) mass is 481 g/mol. The first-order valence-corrected chi connectivity index (χ1v) is 10.4. The number of nitrogens with zero attached hydrogens (tertiary/aromatic N) is 1. The number of nitrogens with one attached hydrogen (secondary N) is 2. The fourth-order valence-corrected chi connectivity index (χ4v) is 3.76. The van der Waals surface area contributed by atoms with Gasteiger partial charge in [0.2, 0.25) is 5.91 Å². The summed E-state index contributed by atoms with van der Waals surface area (Å²) in [4.78, 5) is 29.5. The molecule has 2 N–H and O–H groups in total. The predicted molar refractivity (Wildman–Crippen MR) is 117 cm³/mol. The fourth-order valence-electron chi connectivity index (χ4n) is 2.70. The number of halogens is 3. The Morgan fingerprint density at radius 2 is 1.97 bits per heavy atom. The van der Waals surface area contributed by atoms with E-state index < -0.39 is 18.4 Å². The van der Waals surface area contributed by atoms with Gasteiger partial charge in [-0.3, -0.25) is 9.59 Å². The smallest absolute Gasteiger partial charge is 0.387 e. The van der Waals surface area contributed by atoms with E-state index in [2.05, 4.69) is 20.4 Å². The molecule has 2 aromatic carbocycles. The number of amides is 2. The van der Waals surface area contributed by atoms with Crippen molar-refractivity contribution in [2.24, 2.45) is 0 Å². The van der Waals surface area contributed by atoms with E-state index in [0.717, 1.165) is 10.4 Å². The summed E-state index contributed by atoms with van der Waals surface area (Å²) in [6, 6.07) is 11.2.